The van der Waals surface area contributed by atoms with Crippen molar-refractivity contribution in [3.8, 4) is 0 Å². The summed E-state index contributed by atoms with van der Waals surface area (Å²) in [6, 6.07) is 0. The first-order valence-corrected chi connectivity index (χ1v) is 10.9. The fraction of sp³-hybridized carbons (Fsp3) is 0.773. The van der Waals surface area contributed by atoms with Crippen LogP contribution in [-0.4, -0.2) is 33.4 Å². The predicted octanol–water partition coefficient (Wildman–Crippen LogP) is 5.98. The molecule has 29 heavy (non-hydrogen) atoms. The monoisotopic (exact) mass is 416 g/mol. The van der Waals surface area contributed by atoms with E-state index in [1.54, 1.807) is 0 Å². The van der Waals surface area contributed by atoms with E-state index in [1.807, 2.05) is 0 Å². The molecule has 0 fully saturated rings. The van der Waals surface area contributed by atoms with E-state index in [0.29, 0.717) is 18.6 Å². The van der Waals surface area contributed by atoms with E-state index in [0.717, 1.165) is 12.8 Å². The summed E-state index contributed by atoms with van der Waals surface area (Å²) in [6.45, 7) is 2.27. The van der Waals surface area contributed by atoms with Crippen molar-refractivity contribution in [3.05, 3.63) is 12.2 Å². The van der Waals surface area contributed by atoms with E-state index in [4.69, 9.17) is 15.5 Å². The lowest BCUT2D eigenvalue weighted by Gasteiger charge is -2.03. The van der Waals surface area contributed by atoms with Crippen molar-refractivity contribution in [2.24, 2.45) is 0 Å². The van der Waals surface area contributed by atoms with Crippen LogP contribution in [0.25, 0.3) is 0 Å². The molecule has 170 valence electrons. The third-order valence-electron chi connectivity index (χ3n) is 4.45. The first kappa shape index (κ1) is 29.3. The molecule has 0 aromatic carbocycles. The van der Waals surface area contributed by atoms with Gasteiger partial charge in [-0.1, -0.05) is 96.8 Å². The smallest absolute Gasteiger partial charge is 0.342 e. The maximum Gasteiger partial charge on any atom is 0.342 e. The van der Waals surface area contributed by atoms with Gasteiger partial charge in [-0.05, 0) is 6.42 Å². The Balaban J connectivity index is 0. The van der Waals surface area contributed by atoms with Gasteiger partial charge in [-0.3, -0.25) is 0 Å². The molecule has 0 saturated heterocycles. The van der Waals surface area contributed by atoms with Gasteiger partial charge in [-0.25, -0.2) is 14.4 Å². The molecule has 0 radical (unpaired) electrons. The summed E-state index contributed by atoms with van der Waals surface area (Å²) in [4.78, 5) is 33.4. The van der Waals surface area contributed by atoms with Crippen LogP contribution < -0.4 is 0 Å². The van der Waals surface area contributed by atoms with Crippen molar-refractivity contribution in [1.82, 2.24) is 0 Å². The zero-order chi connectivity index (χ0) is 22.2. The Bertz CT molecular complexity index is 417. The van der Waals surface area contributed by atoms with Gasteiger partial charge in [0.2, 0.25) is 0 Å². The molecule has 0 amide bonds. The van der Waals surface area contributed by atoms with Crippen molar-refractivity contribution in [2.45, 2.75) is 110 Å². The van der Waals surface area contributed by atoms with Crippen molar-refractivity contribution in [1.29, 1.82) is 0 Å². The van der Waals surface area contributed by atoms with Crippen LogP contribution in [0.5, 0.6) is 0 Å². The number of carbonyl (C=O) groups is 3. The van der Waals surface area contributed by atoms with Crippen LogP contribution in [0.4, 0.5) is 0 Å². The Hall–Kier alpha value is -1.89. The highest BCUT2D eigenvalue weighted by Crippen LogP contribution is 2.13. The highest BCUT2D eigenvalue weighted by molar-refractivity contribution is 5.89. The molecule has 0 aliphatic carbocycles. The minimum Gasteiger partial charge on any atom is -0.478 e. The predicted molar refractivity (Wildman–Crippen MR) is 113 cm³/mol. The summed E-state index contributed by atoms with van der Waals surface area (Å²) in [5.41, 5.74) is 0. The van der Waals surface area contributed by atoms with E-state index in [9.17, 15) is 14.4 Å². The zero-order valence-corrected chi connectivity index (χ0v) is 17.9. The topological polar surface area (TPSA) is 121 Å². The summed E-state index contributed by atoms with van der Waals surface area (Å²) in [6.07, 6.45) is 21.1. The lowest BCUT2D eigenvalue weighted by atomic mass is 10.0. The Morgan fingerprint density at radius 2 is 0.931 bits per heavy atom. The second-order valence-corrected chi connectivity index (χ2v) is 7.17. The van der Waals surface area contributed by atoms with Crippen molar-refractivity contribution in [2.75, 3.05) is 0 Å². The lowest BCUT2D eigenvalue weighted by Crippen LogP contribution is -1.99. The van der Waals surface area contributed by atoms with Crippen molar-refractivity contribution >= 4 is 17.9 Å². The molecule has 0 bridgehead atoms. The Morgan fingerprint density at radius 3 is 1.21 bits per heavy atom. The lowest BCUT2D eigenvalue weighted by molar-refractivity contribution is -0.234. The summed E-state index contributed by atoms with van der Waals surface area (Å²) in [5, 5.41) is 23.7. The molecule has 0 spiro atoms. The number of aliphatic carboxylic acids is 2. The SMILES string of the molecule is CCCCCCCCCCCCCCCCCC(=O)OO.O=C(O)/C=C\C(=O)O. The van der Waals surface area contributed by atoms with E-state index in [2.05, 4.69) is 11.8 Å². The fourth-order valence-electron chi connectivity index (χ4n) is 2.83. The number of carboxylic acids is 2. The number of carbonyl (C=O) groups excluding carboxylic acids is 1. The van der Waals surface area contributed by atoms with E-state index in [1.165, 1.54) is 83.5 Å². The normalized spacial score (nSPS) is 10.4. The summed E-state index contributed by atoms with van der Waals surface area (Å²) in [5.74, 6) is -3.02. The van der Waals surface area contributed by atoms with Crippen LogP contribution in [-0.2, 0) is 19.3 Å². The molecule has 0 rings (SSSR count). The molecule has 0 aromatic heterocycles. The minimum absolute atomic E-state index is 0.342. The third kappa shape index (κ3) is 31.0. The van der Waals surface area contributed by atoms with Gasteiger partial charge in [0.25, 0.3) is 0 Å². The number of carboxylic acid groups (broad SMARTS) is 2. The number of rotatable bonds is 18. The van der Waals surface area contributed by atoms with Gasteiger partial charge in [-0.2, -0.15) is 5.26 Å². The van der Waals surface area contributed by atoms with Gasteiger partial charge in [0, 0.05) is 18.6 Å². The quantitative estimate of drug-likeness (QED) is 0.109. The highest BCUT2D eigenvalue weighted by atomic mass is 17.1. The van der Waals surface area contributed by atoms with Gasteiger partial charge in [0.15, 0.2) is 0 Å². The van der Waals surface area contributed by atoms with Crippen LogP contribution in [0.15, 0.2) is 12.2 Å². The molecule has 0 atom stereocenters. The molecular weight excluding hydrogens is 376 g/mol. The van der Waals surface area contributed by atoms with E-state index >= 15 is 0 Å². The largest absolute Gasteiger partial charge is 0.478 e. The Morgan fingerprint density at radius 1 is 0.621 bits per heavy atom. The van der Waals surface area contributed by atoms with Gasteiger partial charge in [0.1, 0.15) is 0 Å². The van der Waals surface area contributed by atoms with Gasteiger partial charge in [-0.15, -0.1) is 0 Å². The third-order valence-corrected chi connectivity index (χ3v) is 4.45. The van der Waals surface area contributed by atoms with E-state index < -0.39 is 17.9 Å². The van der Waals surface area contributed by atoms with Crippen molar-refractivity contribution < 1.29 is 34.7 Å². The van der Waals surface area contributed by atoms with E-state index in [-0.39, 0.29) is 0 Å². The first-order valence-electron chi connectivity index (χ1n) is 10.9. The van der Waals surface area contributed by atoms with Crippen LogP contribution >= 0.6 is 0 Å². The second kappa shape index (κ2) is 24.1. The average molecular weight is 417 g/mol. The van der Waals surface area contributed by atoms with Gasteiger partial charge < -0.3 is 15.1 Å². The number of unbranched alkanes of at least 4 members (excludes halogenated alkanes) is 14. The fourth-order valence-corrected chi connectivity index (χ4v) is 2.83. The maximum atomic E-state index is 10.7. The van der Waals surface area contributed by atoms with Crippen LogP contribution in [0, 0.1) is 0 Å². The van der Waals surface area contributed by atoms with Gasteiger partial charge >= 0.3 is 17.9 Å². The standard InChI is InChI=1S/C18H36O3.C4H4O4/c1-2-3-4-5-6-7-8-9-10-11-12-13-14-15-16-17-18(19)21-20;5-3(6)1-2-4(7)8/h20H,2-17H2,1H3;1-2H,(H,5,6)(H,7,8)/b;2-1-. The highest BCUT2D eigenvalue weighted by Gasteiger charge is 2.00. The molecule has 3 N–H and O–H groups in total. The molecule has 7 nitrogen and oxygen atoms in total. The summed E-state index contributed by atoms with van der Waals surface area (Å²) >= 11 is 0. The second-order valence-electron chi connectivity index (χ2n) is 7.17. The first-order chi connectivity index (χ1) is 13.9. The molecule has 0 saturated carbocycles. The molecule has 0 heterocycles. The molecular formula is C22H40O7. The minimum atomic E-state index is -1.26. The van der Waals surface area contributed by atoms with Crippen molar-refractivity contribution in [3.63, 3.8) is 0 Å². The van der Waals surface area contributed by atoms with Gasteiger partial charge in [0.05, 0.1) is 0 Å². The Kier molecular flexibility index (Phi) is 24.4. The number of hydrogen-bond acceptors (Lipinski definition) is 5. The molecule has 0 unspecified atom stereocenters. The summed E-state index contributed by atoms with van der Waals surface area (Å²) in [7, 11) is 0. The van der Waals surface area contributed by atoms with Crippen LogP contribution in [0.1, 0.15) is 110 Å². The molecule has 0 aliphatic rings. The maximum absolute atomic E-state index is 10.7. The molecule has 0 aliphatic heterocycles. The average Bonchev–Trinajstić information content (AvgIpc) is 2.69. The summed E-state index contributed by atoms with van der Waals surface area (Å²) < 4.78 is 0. The Labute approximate surface area is 175 Å². The van der Waals surface area contributed by atoms with Crippen LogP contribution in [0.2, 0.25) is 0 Å². The zero-order valence-electron chi connectivity index (χ0n) is 17.9. The molecule has 0 aromatic rings. The van der Waals surface area contributed by atoms with Crippen LogP contribution in [0.3, 0.4) is 0 Å². The number of hydrogen-bond donors (Lipinski definition) is 3. The molecule has 7 heteroatoms.